The van der Waals surface area contributed by atoms with Crippen molar-refractivity contribution >= 4 is 11.8 Å². The lowest BCUT2D eigenvalue weighted by Crippen LogP contribution is -2.27. The van der Waals surface area contributed by atoms with Gasteiger partial charge in [-0.1, -0.05) is 11.8 Å². The van der Waals surface area contributed by atoms with Crippen molar-refractivity contribution in [1.29, 1.82) is 0 Å². The van der Waals surface area contributed by atoms with Gasteiger partial charge in [-0.15, -0.1) is 0 Å². The highest BCUT2D eigenvalue weighted by atomic mass is 32.2. The van der Waals surface area contributed by atoms with Crippen LogP contribution in [0.15, 0.2) is 9.95 Å². The van der Waals surface area contributed by atoms with Crippen LogP contribution >= 0.6 is 11.8 Å². The fourth-order valence-corrected chi connectivity index (χ4v) is 2.46. The molecule has 1 aromatic heterocycles. The summed E-state index contributed by atoms with van der Waals surface area (Å²) in [5.74, 6) is 0. The van der Waals surface area contributed by atoms with Crippen molar-refractivity contribution in [3.8, 4) is 0 Å². The zero-order valence-electron chi connectivity index (χ0n) is 8.54. The zero-order chi connectivity index (χ0) is 10.1. The van der Waals surface area contributed by atoms with Crippen LogP contribution in [0.2, 0.25) is 0 Å². The Morgan fingerprint density at radius 2 is 2.07 bits per heavy atom. The van der Waals surface area contributed by atoms with Gasteiger partial charge in [0.15, 0.2) is 5.16 Å². The van der Waals surface area contributed by atoms with E-state index in [-0.39, 0.29) is 5.56 Å². The first-order chi connectivity index (χ1) is 6.74. The maximum absolute atomic E-state index is 11.9. The first-order valence-corrected chi connectivity index (χ1v) is 6.09. The first-order valence-electron chi connectivity index (χ1n) is 4.87. The number of fused-ring (bicyclic) bond motifs is 1. The normalized spacial score (nSPS) is 15.3. The molecule has 0 radical (unpaired) electrons. The maximum Gasteiger partial charge on any atom is 0.257 e. The Hall–Kier alpha value is -0.770. The number of rotatable bonds is 1. The van der Waals surface area contributed by atoms with E-state index in [1.807, 2.05) is 6.26 Å². The van der Waals surface area contributed by atoms with E-state index in [4.69, 9.17) is 0 Å². The molecule has 0 fully saturated rings. The van der Waals surface area contributed by atoms with Gasteiger partial charge in [0.25, 0.3) is 5.56 Å². The predicted molar refractivity (Wildman–Crippen MR) is 57.9 cm³/mol. The third-order valence-corrected chi connectivity index (χ3v) is 3.43. The van der Waals surface area contributed by atoms with Gasteiger partial charge >= 0.3 is 0 Å². The maximum atomic E-state index is 11.9. The van der Waals surface area contributed by atoms with Gasteiger partial charge in [-0.25, -0.2) is 4.98 Å². The van der Waals surface area contributed by atoms with E-state index in [1.54, 1.807) is 11.6 Å². The molecule has 0 aromatic carbocycles. The fraction of sp³-hybridized carbons (Fsp3) is 0.600. The highest BCUT2D eigenvalue weighted by molar-refractivity contribution is 7.98. The molecule has 0 saturated carbocycles. The monoisotopic (exact) mass is 210 g/mol. The molecule has 0 spiro atoms. The van der Waals surface area contributed by atoms with Crippen LogP contribution in [-0.4, -0.2) is 15.8 Å². The highest BCUT2D eigenvalue weighted by Crippen LogP contribution is 2.18. The molecule has 14 heavy (non-hydrogen) atoms. The summed E-state index contributed by atoms with van der Waals surface area (Å²) in [7, 11) is 1.80. The zero-order valence-corrected chi connectivity index (χ0v) is 9.36. The van der Waals surface area contributed by atoms with Crippen LogP contribution in [0.4, 0.5) is 0 Å². The Balaban J connectivity index is 2.63. The van der Waals surface area contributed by atoms with Crippen molar-refractivity contribution in [1.82, 2.24) is 9.55 Å². The predicted octanol–water partition coefficient (Wildman–Crippen LogP) is 1.38. The van der Waals surface area contributed by atoms with Gasteiger partial charge in [-0.05, 0) is 31.9 Å². The van der Waals surface area contributed by atoms with E-state index in [0.717, 1.165) is 35.7 Å². The van der Waals surface area contributed by atoms with Crippen molar-refractivity contribution in [2.45, 2.75) is 30.8 Å². The largest absolute Gasteiger partial charge is 0.291 e. The molecule has 4 heteroatoms. The Morgan fingerprint density at radius 1 is 1.36 bits per heavy atom. The topological polar surface area (TPSA) is 34.9 Å². The summed E-state index contributed by atoms with van der Waals surface area (Å²) >= 11 is 1.53. The van der Waals surface area contributed by atoms with Crippen molar-refractivity contribution < 1.29 is 0 Å². The molecule has 2 rings (SSSR count). The number of thioether (sulfide) groups is 1. The lowest BCUT2D eigenvalue weighted by atomic mass is 9.97. The number of hydrogen-bond acceptors (Lipinski definition) is 3. The second kappa shape index (κ2) is 3.77. The van der Waals surface area contributed by atoms with Crippen LogP contribution in [0, 0.1) is 0 Å². The first kappa shape index (κ1) is 9.77. The van der Waals surface area contributed by atoms with Crippen LogP contribution in [0.25, 0.3) is 0 Å². The molecule has 1 aliphatic carbocycles. The number of aromatic nitrogens is 2. The van der Waals surface area contributed by atoms with Crippen LogP contribution < -0.4 is 5.56 Å². The van der Waals surface area contributed by atoms with Gasteiger partial charge in [0.1, 0.15) is 0 Å². The second-order valence-corrected chi connectivity index (χ2v) is 4.37. The van der Waals surface area contributed by atoms with Crippen LogP contribution in [0.1, 0.15) is 24.1 Å². The average molecular weight is 210 g/mol. The average Bonchev–Trinajstić information content (AvgIpc) is 2.23. The van der Waals surface area contributed by atoms with E-state index >= 15 is 0 Å². The summed E-state index contributed by atoms with van der Waals surface area (Å²) in [5, 5.41) is 0.829. The van der Waals surface area contributed by atoms with Crippen LogP contribution in [0.5, 0.6) is 0 Å². The van der Waals surface area contributed by atoms with Crippen molar-refractivity contribution in [3.63, 3.8) is 0 Å². The Morgan fingerprint density at radius 3 is 2.79 bits per heavy atom. The number of hydrogen-bond donors (Lipinski definition) is 0. The van der Waals surface area contributed by atoms with Crippen LogP contribution in [0.3, 0.4) is 0 Å². The molecule has 0 bridgehead atoms. The Bertz CT molecular complexity index is 411. The molecular formula is C10H14N2OS. The minimum Gasteiger partial charge on any atom is -0.291 e. The Kier molecular flexibility index (Phi) is 2.63. The quantitative estimate of drug-likeness (QED) is 0.519. The van der Waals surface area contributed by atoms with E-state index in [2.05, 4.69) is 4.98 Å². The summed E-state index contributed by atoms with van der Waals surface area (Å²) in [6.07, 6.45) is 6.13. The molecule has 76 valence electrons. The second-order valence-electron chi connectivity index (χ2n) is 3.60. The minimum absolute atomic E-state index is 0.152. The van der Waals surface area contributed by atoms with Gasteiger partial charge < -0.3 is 0 Å². The van der Waals surface area contributed by atoms with Crippen molar-refractivity contribution in [2.24, 2.45) is 7.05 Å². The summed E-state index contributed by atoms with van der Waals surface area (Å²) in [6.45, 7) is 0. The molecule has 1 aliphatic rings. The molecule has 3 nitrogen and oxygen atoms in total. The van der Waals surface area contributed by atoms with Crippen LogP contribution in [-0.2, 0) is 19.9 Å². The molecular weight excluding hydrogens is 196 g/mol. The highest BCUT2D eigenvalue weighted by Gasteiger charge is 2.16. The molecule has 0 amide bonds. The third kappa shape index (κ3) is 1.47. The standard InChI is InChI=1S/C10H14N2OS/c1-12-9(13)7-5-3-4-6-8(7)11-10(12)14-2/h3-6H2,1-2H3. The van der Waals surface area contributed by atoms with Crippen molar-refractivity contribution in [3.05, 3.63) is 21.6 Å². The van der Waals surface area contributed by atoms with Gasteiger partial charge in [0.05, 0.1) is 5.69 Å². The molecule has 0 N–H and O–H groups in total. The minimum atomic E-state index is 0.152. The Labute approximate surface area is 87.5 Å². The number of aryl methyl sites for hydroxylation is 1. The number of nitrogens with zero attached hydrogens (tertiary/aromatic N) is 2. The van der Waals surface area contributed by atoms with Crippen molar-refractivity contribution in [2.75, 3.05) is 6.26 Å². The molecule has 1 aromatic rings. The molecule has 0 saturated heterocycles. The van der Waals surface area contributed by atoms with E-state index in [0.29, 0.717) is 0 Å². The fourth-order valence-electron chi connectivity index (χ4n) is 1.91. The van der Waals surface area contributed by atoms with Gasteiger partial charge in [0.2, 0.25) is 0 Å². The van der Waals surface area contributed by atoms with E-state index in [9.17, 15) is 4.79 Å². The SMILES string of the molecule is CSc1nc2c(c(=O)n1C)CCCC2. The van der Waals surface area contributed by atoms with E-state index in [1.165, 1.54) is 18.2 Å². The lowest BCUT2D eigenvalue weighted by Gasteiger charge is -2.16. The lowest BCUT2D eigenvalue weighted by molar-refractivity contribution is 0.601. The summed E-state index contributed by atoms with van der Waals surface area (Å²) in [5.41, 5.74) is 2.12. The smallest absolute Gasteiger partial charge is 0.257 e. The molecule has 0 aliphatic heterocycles. The van der Waals surface area contributed by atoms with Gasteiger partial charge in [0, 0.05) is 12.6 Å². The summed E-state index contributed by atoms with van der Waals surface area (Å²) < 4.78 is 1.66. The summed E-state index contributed by atoms with van der Waals surface area (Å²) in [6, 6.07) is 0. The van der Waals surface area contributed by atoms with Gasteiger partial charge in [-0.3, -0.25) is 9.36 Å². The molecule has 0 atom stereocenters. The van der Waals surface area contributed by atoms with Gasteiger partial charge in [-0.2, -0.15) is 0 Å². The van der Waals surface area contributed by atoms with E-state index < -0.39 is 0 Å². The third-order valence-electron chi connectivity index (χ3n) is 2.70. The summed E-state index contributed by atoms with van der Waals surface area (Å²) in [4.78, 5) is 16.4. The molecule has 1 heterocycles. The molecule has 0 unspecified atom stereocenters.